The van der Waals surface area contributed by atoms with Crippen molar-refractivity contribution < 1.29 is 14.3 Å². The van der Waals surface area contributed by atoms with Crippen LogP contribution in [0, 0.1) is 0 Å². The zero-order chi connectivity index (χ0) is 20.5. The average Bonchev–Trinajstić information content (AvgIpc) is 2.78. The number of aryl methyl sites for hydroxylation is 1. The monoisotopic (exact) mass is 392 g/mol. The molecule has 7 heteroatoms. The zero-order valence-corrected chi connectivity index (χ0v) is 16.5. The molecule has 0 saturated heterocycles. The van der Waals surface area contributed by atoms with E-state index in [1.165, 1.54) is 5.56 Å². The Labute approximate surface area is 170 Å². The minimum Gasteiger partial charge on any atom is -0.497 e. The maximum atomic E-state index is 11.9. The minimum absolute atomic E-state index is 0.279. The number of hydrogen-bond donors (Lipinski definition) is 2. The molecule has 0 aliphatic heterocycles. The molecule has 0 atom stereocenters. The topological polar surface area (TPSA) is 85.4 Å². The van der Waals surface area contributed by atoms with Crippen LogP contribution in [-0.4, -0.2) is 36.5 Å². The van der Waals surface area contributed by atoms with Crippen LogP contribution in [-0.2, 0) is 6.42 Å². The molecule has 0 radical (unpaired) electrons. The summed E-state index contributed by atoms with van der Waals surface area (Å²) in [6.45, 7) is 2.73. The van der Waals surface area contributed by atoms with Gasteiger partial charge in [0.05, 0.1) is 19.3 Å². The number of nitrogens with one attached hydrogen (secondary N) is 2. The van der Waals surface area contributed by atoms with Gasteiger partial charge in [0.1, 0.15) is 12.4 Å². The molecule has 2 N–H and O–H groups in total. The van der Waals surface area contributed by atoms with Gasteiger partial charge in [0.15, 0.2) is 0 Å². The molecule has 3 aromatic rings. The van der Waals surface area contributed by atoms with E-state index in [0.717, 1.165) is 29.1 Å². The molecule has 0 fully saturated rings. The van der Waals surface area contributed by atoms with Gasteiger partial charge in [0, 0.05) is 17.3 Å². The molecule has 2 amide bonds. The first kappa shape index (κ1) is 20.1. The summed E-state index contributed by atoms with van der Waals surface area (Å²) in [5, 5.41) is 13.8. The van der Waals surface area contributed by atoms with Crippen LogP contribution in [0.25, 0.3) is 11.3 Å². The number of hydrogen-bond acceptors (Lipinski definition) is 5. The predicted molar refractivity (Wildman–Crippen MR) is 112 cm³/mol. The maximum absolute atomic E-state index is 11.9. The van der Waals surface area contributed by atoms with Gasteiger partial charge < -0.3 is 20.1 Å². The molecule has 2 aromatic carbocycles. The summed E-state index contributed by atoms with van der Waals surface area (Å²) in [7, 11) is 1.63. The highest BCUT2D eigenvalue weighted by molar-refractivity contribution is 5.89. The lowest BCUT2D eigenvalue weighted by atomic mass is 10.1. The van der Waals surface area contributed by atoms with Crippen LogP contribution in [0.4, 0.5) is 10.5 Å². The van der Waals surface area contributed by atoms with Gasteiger partial charge >= 0.3 is 6.03 Å². The Morgan fingerprint density at radius 2 is 1.72 bits per heavy atom. The van der Waals surface area contributed by atoms with Crippen molar-refractivity contribution in [1.29, 1.82) is 0 Å². The number of urea groups is 1. The van der Waals surface area contributed by atoms with Crippen LogP contribution in [0.5, 0.6) is 11.6 Å². The van der Waals surface area contributed by atoms with Gasteiger partial charge in [-0.05, 0) is 54.4 Å². The summed E-state index contributed by atoms with van der Waals surface area (Å²) >= 11 is 0. The zero-order valence-electron chi connectivity index (χ0n) is 16.5. The van der Waals surface area contributed by atoms with E-state index in [1.807, 2.05) is 54.6 Å². The minimum atomic E-state index is -0.279. The first-order valence-electron chi connectivity index (χ1n) is 9.42. The molecule has 7 nitrogen and oxygen atoms in total. The van der Waals surface area contributed by atoms with Gasteiger partial charge in [-0.1, -0.05) is 19.1 Å². The van der Waals surface area contributed by atoms with Crippen LogP contribution in [0.3, 0.4) is 0 Å². The van der Waals surface area contributed by atoms with Crippen LogP contribution >= 0.6 is 0 Å². The number of aromatic nitrogens is 2. The number of nitrogens with zero attached hydrogens (tertiary/aromatic N) is 2. The molecule has 0 saturated carbocycles. The third kappa shape index (κ3) is 5.93. The summed E-state index contributed by atoms with van der Waals surface area (Å²) in [4.78, 5) is 11.9. The van der Waals surface area contributed by atoms with Crippen LogP contribution < -0.4 is 20.1 Å². The number of rotatable bonds is 8. The fourth-order valence-electron chi connectivity index (χ4n) is 2.63. The van der Waals surface area contributed by atoms with Crippen molar-refractivity contribution >= 4 is 11.7 Å². The lowest BCUT2D eigenvalue weighted by molar-refractivity contribution is 0.246. The molecule has 1 aromatic heterocycles. The second-order valence-corrected chi connectivity index (χ2v) is 6.27. The van der Waals surface area contributed by atoms with Crippen molar-refractivity contribution in [2.75, 3.05) is 25.6 Å². The number of benzene rings is 2. The quantitative estimate of drug-likeness (QED) is 0.568. The number of carbonyl (C=O) groups is 1. The summed E-state index contributed by atoms with van der Waals surface area (Å²) in [5.41, 5.74) is 3.66. The second-order valence-electron chi connectivity index (χ2n) is 6.27. The Morgan fingerprint density at radius 3 is 2.34 bits per heavy atom. The number of carbonyl (C=O) groups excluding carboxylic acids is 1. The van der Waals surface area contributed by atoms with E-state index in [2.05, 4.69) is 27.8 Å². The van der Waals surface area contributed by atoms with Gasteiger partial charge in [0.2, 0.25) is 5.88 Å². The van der Waals surface area contributed by atoms with Crippen molar-refractivity contribution in [2.24, 2.45) is 0 Å². The highest BCUT2D eigenvalue weighted by Crippen LogP contribution is 2.21. The maximum Gasteiger partial charge on any atom is 0.319 e. The van der Waals surface area contributed by atoms with Crippen molar-refractivity contribution in [1.82, 2.24) is 15.5 Å². The summed E-state index contributed by atoms with van der Waals surface area (Å²) in [6, 6.07) is 18.6. The SMILES string of the molecule is CCc1ccc(NC(=O)NCCOc2ccc(-c3ccc(OC)cc3)nn2)cc1. The Balaban J connectivity index is 1.41. The molecule has 0 bridgehead atoms. The highest BCUT2D eigenvalue weighted by Gasteiger charge is 2.04. The first-order chi connectivity index (χ1) is 14.2. The number of amides is 2. The average molecular weight is 392 g/mol. The Morgan fingerprint density at radius 1 is 0.966 bits per heavy atom. The van der Waals surface area contributed by atoms with Crippen molar-refractivity contribution in [3.63, 3.8) is 0 Å². The normalized spacial score (nSPS) is 10.3. The lowest BCUT2D eigenvalue weighted by Gasteiger charge is -2.09. The van der Waals surface area contributed by atoms with E-state index >= 15 is 0 Å². The third-order valence-electron chi connectivity index (χ3n) is 4.28. The van der Waals surface area contributed by atoms with Crippen LogP contribution in [0.2, 0.25) is 0 Å². The molecular formula is C22H24N4O3. The Kier molecular flexibility index (Phi) is 7.00. The van der Waals surface area contributed by atoms with Crippen LogP contribution in [0.1, 0.15) is 12.5 Å². The second kappa shape index (κ2) is 10.1. The highest BCUT2D eigenvalue weighted by atomic mass is 16.5. The third-order valence-corrected chi connectivity index (χ3v) is 4.28. The fraction of sp³-hybridized carbons (Fsp3) is 0.227. The van der Waals surface area contributed by atoms with Gasteiger partial charge in [-0.3, -0.25) is 0 Å². The molecule has 0 unspecified atom stereocenters. The Hall–Kier alpha value is -3.61. The van der Waals surface area contributed by atoms with Crippen molar-refractivity contribution in [3.05, 3.63) is 66.2 Å². The summed E-state index contributed by atoms with van der Waals surface area (Å²) in [6.07, 6.45) is 0.966. The number of methoxy groups -OCH3 is 1. The van der Waals surface area contributed by atoms with E-state index in [-0.39, 0.29) is 6.03 Å². The fourth-order valence-corrected chi connectivity index (χ4v) is 2.63. The van der Waals surface area contributed by atoms with Crippen molar-refractivity contribution in [3.8, 4) is 22.9 Å². The van der Waals surface area contributed by atoms with Crippen molar-refractivity contribution in [2.45, 2.75) is 13.3 Å². The Bertz CT molecular complexity index is 910. The molecular weight excluding hydrogens is 368 g/mol. The van der Waals surface area contributed by atoms with Crippen LogP contribution in [0.15, 0.2) is 60.7 Å². The number of ether oxygens (including phenoxy) is 2. The standard InChI is InChI=1S/C22H24N4O3/c1-3-16-4-8-18(9-5-16)24-22(27)23-14-15-29-21-13-12-20(25-26-21)17-6-10-19(28-2)11-7-17/h4-13H,3,14-15H2,1-2H3,(H2,23,24,27). The predicted octanol–water partition coefficient (Wildman–Crippen LogP) is 3.92. The molecule has 3 rings (SSSR count). The first-order valence-corrected chi connectivity index (χ1v) is 9.42. The number of anilines is 1. The smallest absolute Gasteiger partial charge is 0.319 e. The van der Waals surface area contributed by atoms with E-state index in [9.17, 15) is 4.79 Å². The molecule has 29 heavy (non-hydrogen) atoms. The van der Waals surface area contributed by atoms with E-state index in [4.69, 9.17) is 9.47 Å². The van der Waals surface area contributed by atoms with Gasteiger partial charge in [-0.2, -0.15) is 0 Å². The molecule has 1 heterocycles. The summed E-state index contributed by atoms with van der Waals surface area (Å²) < 4.78 is 10.7. The van der Waals surface area contributed by atoms with Gasteiger partial charge in [-0.25, -0.2) is 4.79 Å². The van der Waals surface area contributed by atoms with E-state index in [0.29, 0.717) is 19.0 Å². The van der Waals surface area contributed by atoms with Gasteiger partial charge in [0.25, 0.3) is 0 Å². The molecule has 0 aliphatic carbocycles. The molecule has 150 valence electrons. The van der Waals surface area contributed by atoms with Gasteiger partial charge in [-0.15, -0.1) is 10.2 Å². The van der Waals surface area contributed by atoms with E-state index < -0.39 is 0 Å². The molecule has 0 aliphatic rings. The largest absolute Gasteiger partial charge is 0.497 e. The van der Waals surface area contributed by atoms with E-state index in [1.54, 1.807) is 13.2 Å². The summed E-state index contributed by atoms with van der Waals surface area (Å²) in [5.74, 6) is 1.19. The molecule has 0 spiro atoms. The lowest BCUT2D eigenvalue weighted by Crippen LogP contribution is -2.32.